The van der Waals surface area contributed by atoms with E-state index in [2.05, 4.69) is 11.1 Å². The van der Waals surface area contributed by atoms with Gasteiger partial charge in [0.2, 0.25) is 0 Å². The van der Waals surface area contributed by atoms with E-state index in [0.29, 0.717) is 10.6 Å². The number of hydrogen-bond acceptors (Lipinski definition) is 2. The maximum absolute atomic E-state index is 10.5. The summed E-state index contributed by atoms with van der Waals surface area (Å²) in [7, 11) is -3.74. The van der Waals surface area contributed by atoms with Gasteiger partial charge in [0.15, 0.2) is 0 Å². The van der Waals surface area contributed by atoms with Crippen LogP contribution in [-0.2, 0) is 10.0 Å². The average molecular weight is 216 g/mol. The summed E-state index contributed by atoms with van der Waals surface area (Å²) in [5.41, 5.74) is 0.515. The van der Waals surface area contributed by atoms with Gasteiger partial charge in [-0.3, -0.25) is 0 Å². The Morgan fingerprint density at radius 1 is 1.38 bits per heavy atom. The highest BCUT2D eigenvalue weighted by molar-refractivity contribution is 7.93. The summed E-state index contributed by atoms with van der Waals surface area (Å²) in [5, 5.41) is 7.09. The van der Waals surface area contributed by atoms with Crippen molar-refractivity contribution in [3.8, 4) is 11.2 Å². The Kier molecular flexibility index (Phi) is 2.94. The van der Waals surface area contributed by atoms with Crippen LogP contribution in [0.3, 0.4) is 0 Å². The molecule has 0 aliphatic carbocycles. The molecule has 0 radical (unpaired) electrons. The highest BCUT2D eigenvalue weighted by Crippen LogP contribution is 2.09. The molecule has 0 saturated heterocycles. The fourth-order valence-corrected chi connectivity index (χ4v) is 1.15. The van der Waals surface area contributed by atoms with Crippen molar-refractivity contribution in [3.63, 3.8) is 0 Å². The fourth-order valence-electron chi connectivity index (χ4n) is 0.696. The third-order valence-corrected chi connectivity index (χ3v) is 1.78. The Balaban J connectivity index is 3.04. The van der Waals surface area contributed by atoms with Crippen LogP contribution in [0.4, 0.5) is 0 Å². The largest absolute Gasteiger partial charge is 0.278 e. The summed E-state index contributed by atoms with van der Waals surface area (Å²) in [4.78, 5) is 0. The second-order valence-corrected chi connectivity index (χ2v) is 4.01. The Labute approximate surface area is 81.6 Å². The van der Waals surface area contributed by atoms with Crippen LogP contribution in [0.1, 0.15) is 5.56 Å². The lowest BCUT2D eigenvalue weighted by molar-refractivity contribution is 0.608. The lowest BCUT2D eigenvalue weighted by atomic mass is 10.2. The van der Waals surface area contributed by atoms with Crippen LogP contribution in [0.25, 0.3) is 0 Å². The summed E-state index contributed by atoms with van der Waals surface area (Å²) >= 11 is 5.65. The quantitative estimate of drug-likeness (QED) is 0.655. The SMILES string of the molecule is NS(=O)(=O)C#Cc1cccc(Cl)c1. The summed E-state index contributed by atoms with van der Waals surface area (Å²) in [6.45, 7) is 0. The topological polar surface area (TPSA) is 60.2 Å². The summed E-state index contributed by atoms with van der Waals surface area (Å²) in [5.74, 6) is 2.38. The minimum atomic E-state index is -3.74. The molecule has 3 nitrogen and oxygen atoms in total. The van der Waals surface area contributed by atoms with E-state index < -0.39 is 10.0 Å². The van der Waals surface area contributed by atoms with E-state index in [1.807, 2.05) is 5.25 Å². The van der Waals surface area contributed by atoms with E-state index in [-0.39, 0.29) is 0 Å². The molecule has 1 rings (SSSR count). The van der Waals surface area contributed by atoms with Crippen LogP contribution in [0.5, 0.6) is 0 Å². The molecule has 0 unspecified atom stereocenters. The Morgan fingerprint density at radius 2 is 2.08 bits per heavy atom. The molecule has 0 spiro atoms. The number of nitrogens with two attached hydrogens (primary N) is 1. The van der Waals surface area contributed by atoms with Crippen molar-refractivity contribution in [3.05, 3.63) is 34.9 Å². The number of hydrogen-bond donors (Lipinski definition) is 1. The Morgan fingerprint density at radius 3 is 2.62 bits per heavy atom. The van der Waals surface area contributed by atoms with Crippen LogP contribution in [0, 0.1) is 11.2 Å². The number of primary sulfonamides is 1. The van der Waals surface area contributed by atoms with Crippen LogP contribution in [0.2, 0.25) is 5.02 Å². The second-order valence-electron chi connectivity index (χ2n) is 2.28. The van der Waals surface area contributed by atoms with Gasteiger partial charge >= 0.3 is 0 Å². The van der Waals surface area contributed by atoms with Crippen molar-refractivity contribution in [2.45, 2.75) is 0 Å². The molecule has 0 aromatic heterocycles. The van der Waals surface area contributed by atoms with Crippen molar-refractivity contribution < 1.29 is 8.42 Å². The predicted octanol–water partition coefficient (Wildman–Crippen LogP) is 0.938. The number of benzene rings is 1. The highest BCUT2D eigenvalue weighted by Gasteiger charge is 1.93. The van der Waals surface area contributed by atoms with E-state index in [1.54, 1.807) is 24.3 Å². The Bertz CT molecular complexity index is 470. The smallest absolute Gasteiger partial charge is 0.218 e. The van der Waals surface area contributed by atoms with Gasteiger partial charge in [0.25, 0.3) is 10.0 Å². The van der Waals surface area contributed by atoms with Crippen LogP contribution in [-0.4, -0.2) is 8.42 Å². The summed E-state index contributed by atoms with van der Waals surface area (Å²) in [6, 6.07) is 6.54. The molecule has 68 valence electrons. The molecule has 0 saturated carbocycles. The minimum Gasteiger partial charge on any atom is -0.218 e. The van der Waals surface area contributed by atoms with Crippen molar-refractivity contribution in [2.75, 3.05) is 0 Å². The molecule has 0 aliphatic heterocycles. The van der Waals surface area contributed by atoms with Crippen molar-refractivity contribution >= 4 is 21.6 Å². The first-order valence-corrected chi connectivity index (χ1v) is 5.21. The maximum Gasteiger partial charge on any atom is 0.278 e. The molecule has 13 heavy (non-hydrogen) atoms. The maximum atomic E-state index is 10.5. The molecule has 0 fully saturated rings. The molecular formula is C8H6ClNO2S. The number of halogens is 1. The molecule has 2 N–H and O–H groups in total. The average Bonchev–Trinajstić information content (AvgIpc) is 2.00. The van der Waals surface area contributed by atoms with Gasteiger partial charge in [-0.1, -0.05) is 17.7 Å². The van der Waals surface area contributed by atoms with Crippen LogP contribution in [0.15, 0.2) is 24.3 Å². The van der Waals surface area contributed by atoms with E-state index in [4.69, 9.17) is 11.6 Å². The first-order chi connectivity index (χ1) is 5.97. The summed E-state index contributed by atoms with van der Waals surface area (Å²) in [6.07, 6.45) is 0. The molecule has 0 heterocycles. The zero-order chi connectivity index (χ0) is 9.90. The van der Waals surface area contributed by atoms with Gasteiger partial charge in [-0.05, 0) is 24.1 Å². The van der Waals surface area contributed by atoms with Gasteiger partial charge in [-0.25, -0.2) is 5.14 Å². The van der Waals surface area contributed by atoms with Gasteiger partial charge in [0.05, 0.1) is 0 Å². The van der Waals surface area contributed by atoms with E-state index in [0.717, 1.165) is 0 Å². The Hall–Kier alpha value is -1.02. The lowest BCUT2D eigenvalue weighted by Gasteiger charge is -1.89. The first-order valence-electron chi connectivity index (χ1n) is 3.28. The zero-order valence-electron chi connectivity index (χ0n) is 6.49. The third-order valence-electron chi connectivity index (χ3n) is 1.16. The number of sulfonamides is 1. The van der Waals surface area contributed by atoms with Crippen molar-refractivity contribution in [1.29, 1.82) is 0 Å². The first kappa shape index (κ1) is 10.1. The van der Waals surface area contributed by atoms with Crippen molar-refractivity contribution in [1.82, 2.24) is 0 Å². The molecule has 0 amide bonds. The molecule has 1 aromatic rings. The second kappa shape index (κ2) is 3.79. The predicted molar refractivity (Wildman–Crippen MR) is 51.4 cm³/mol. The molecule has 0 atom stereocenters. The zero-order valence-corrected chi connectivity index (χ0v) is 8.06. The lowest BCUT2D eigenvalue weighted by Crippen LogP contribution is -2.07. The molecular weight excluding hydrogens is 210 g/mol. The van der Waals surface area contributed by atoms with Gasteiger partial charge in [0, 0.05) is 15.8 Å². The minimum absolute atomic E-state index is 0.501. The van der Waals surface area contributed by atoms with Crippen molar-refractivity contribution in [2.24, 2.45) is 5.14 Å². The normalized spacial score (nSPS) is 10.3. The third kappa shape index (κ3) is 3.95. The fraction of sp³-hybridized carbons (Fsp3) is 0. The highest BCUT2D eigenvalue weighted by atomic mass is 35.5. The van der Waals surface area contributed by atoms with Crippen LogP contribution < -0.4 is 5.14 Å². The standard InChI is InChI=1S/C8H6ClNO2S/c9-8-3-1-2-7(6-8)4-5-13(10,11)12/h1-3,6H,(H2,10,11,12). The van der Waals surface area contributed by atoms with E-state index >= 15 is 0 Å². The number of rotatable bonds is 0. The molecule has 5 heteroatoms. The van der Waals surface area contributed by atoms with Gasteiger partial charge < -0.3 is 0 Å². The summed E-state index contributed by atoms with van der Waals surface area (Å²) < 4.78 is 20.9. The van der Waals surface area contributed by atoms with Gasteiger partial charge in [-0.15, -0.1) is 0 Å². The monoisotopic (exact) mass is 215 g/mol. The molecule has 0 bridgehead atoms. The van der Waals surface area contributed by atoms with Gasteiger partial charge in [0.1, 0.15) is 0 Å². The molecule has 0 aliphatic rings. The van der Waals surface area contributed by atoms with E-state index in [9.17, 15) is 8.42 Å². The van der Waals surface area contributed by atoms with Crippen LogP contribution >= 0.6 is 11.6 Å². The molecule has 1 aromatic carbocycles. The van der Waals surface area contributed by atoms with Gasteiger partial charge in [-0.2, -0.15) is 8.42 Å². The van der Waals surface area contributed by atoms with E-state index in [1.165, 1.54) is 0 Å².